The normalized spacial score (nSPS) is 19.6. The molecule has 2 heterocycles. The fourth-order valence-electron chi connectivity index (χ4n) is 4.03. The zero-order valence-corrected chi connectivity index (χ0v) is 15.6. The van der Waals surface area contributed by atoms with E-state index < -0.39 is 0 Å². The van der Waals surface area contributed by atoms with E-state index in [1.165, 1.54) is 0 Å². The highest BCUT2D eigenvalue weighted by Crippen LogP contribution is 2.28. The van der Waals surface area contributed by atoms with Crippen molar-refractivity contribution in [2.24, 2.45) is 0 Å². The minimum atomic E-state index is -0.154. The van der Waals surface area contributed by atoms with Gasteiger partial charge in [-0.3, -0.25) is 4.79 Å². The second-order valence-corrected chi connectivity index (χ2v) is 8.24. The maximum absolute atomic E-state index is 12.8. The molecule has 25 heavy (non-hydrogen) atoms. The minimum absolute atomic E-state index is 0.0175. The van der Waals surface area contributed by atoms with Gasteiger partial charge in [-0.25, -0.2) is 4.68 Å². The molecule has 0 unspecified atom stereocenters. The van der Waals surface area contributed by atoms with Crippen molar-refractivity contribution in [3.05, 3.63) is 41.7 Å². The Bertz CT molecular complexity index is 747. The number of hydrogen-bond acceptors (Lipinski definition) is 4. The summed E-state index contributed by atoms with van der Waals surface area (Å²) in [6.07, 6.45) is 1.77. The van der Waals surface area contributed by atoms with Crippen LogP contribution in [0.25, 0.3) is 5.69 Å². The van der Waals surface area contributed by atoms with Crippen molar-refractivity contribution in [3.8, 4) is 5.69 Å². The molecule has 1 amide bonds. The van der Waals surface area contributed by atoms with Gasteiger partial charge in [-0.15, -0.1) is 5.10 Å². The molecule has 6 nitrogen and oxygen atoms in total. The van der Waals surface area contributed by atoms with Gasteiger partial charge in [-0.1, -0.05) is 23.4 Å². The van der Waals surface area contributed by atoms with Crippen molar-refractivity contribution < 1.29 is 4.79 Å². The fourth-order valence-corrected chi connectivity index (χ4v) is 4.03. The van der Waals surface area contributed by atoms with Crippen molar-refractivity contribution in [3.63, 3.8) is 0 Å². The highest BCUT2D eigenvalue weighted by atomic mass is 16.2. The van der Waals surface area contributed by atoms with Crippen LogP contribution in [0.2, 0.25) is 0 Å². The van der Waals surface area contributed by atoms with Gasteiger partial charge in [-0.05, 0) is 59.6 Å². The lowest BCUT2D eigenvalue weighted by atomic mass is 9.79. The summed E-state index contributed by atoms with van der Waals surface area (Å²) in [4.78, 5) is 12.8. The van der Waals surface area contributed by atoms with E-state index in [1.807, 2.05) is 37.3 Å². The van der Waals surface area contributed by atoms with E-state index in [2.05, 4.69) is 48.6 Å². The molecule has 2 N–H and O–H groups in total. The Hall–Kier alpha value is -2.21. The second kappa shape index (κ2) is 6.26. The molecule has 2 aromatic rings. The summed E-state index contributed by atoms with van der Waals surface area (Å²) in [7, 11) is 0. The number of benzene rings is 1. The average molecular weight is 341 g/mol. The molecule has 0 spiro atoms. The first-order valence-electron chi connectivity index (χ1n) is 8.75. The molecule has 0 atom stereocenters. The molecule has 1 aliphatic heterocycles. The maximum Gasteiger partial charge on any atom is 0.273 e. The predicted octanol–water partition coefficient (Wildman–Crippen LogP) is 2.61. The molecular weight excluding hydrogens is 314 g/mol. The van der Waals surface area contributed by atoms with E-state index in [0.717, 1.165) is 24.2 Å². The highest BCUT2D eigenvalue weighted by molar-refractivity contribution is 5.93. The topological polar surface area (TPSA) is 71.8 Å². The Morgan fingerprint density at radius 2 is 1.76 bits per heavy atom. The Kier molecular flexibility index (Phi) is 4.41. The van der Waals surface area contributed by atoms with E-state index in [0.29, 0.717) is 5.69 Å². The number of piperidine rings is 1. The maximum atomic E-state index is 12.8. The smallest absolute Gasteiger partial charge is 0.273 e. The van der Waals surface area contributed by atoms with Crippen molar-refractivity contribution in [1.82, 2.24) is 25.6 Å². The van der Waals surface area contributed by atoms with Gasteiger partial charge in [0.15, 0.2) is 5.69 Å². The monoisotopic (exact) mass is 341 g/mol. The molecule has 1 fully saturated rings. The number of para-hydroxylation sites is 1. The molecule has 0 radical (unpaired) electrons. The van der Waals surface area contributed by atoms with Crippen LogP contribution < -0.4 is 10.6 Å². The number of amides is 1. The number of carbonyl (C=O) groups excluding carboxylic acids is 1. The van der Waals surface area contributed by atoms with Crippen LogP contribution in [-0.2, 0) is 0 Å². The van der Waals surface area contributed by atoms with Crippen LogP contribution in [0.5, 0.6) is 0 Å². The van der Waals surface area contributed by atoms with Gasteiger partial charge in [0, 0.05) is 17.1 Å². The largest absolute Gasteiger partial charge is 0.348 e. The van der Waals surface area contributed by atoms with Gasteiger partial charge in [0.25, 0.3) is 5.91 Å². The number of nitrogens with zero attached hydrogens (tertiary/aromatic N) is 3. The predicted molar refractivity (Wildman–Crippen MR) is 97.9 cm³/mol. The number of aromatic nitrogens is 3. The van der Waals surface area contributed by atoms with Gasteiger partial charge < -0.3 is 10.6 Å². The van der Waals surface area contributed by atoms with Gasteiger partial charge in [0.1, 0.15) is 0 Å². The van der Waals surface area contributed by atoms with Crippen LogP contribution in [0, 0.1) is 6.92 Å². The van der Waals surface area contributed by atoms with Crippen LogP contribution in [-0.4, -0.2) is 38.0 Å². The molecule has 3 rings (SSSR count). The third kappa shape index (κ3) is 3.90. The van der Waals surface area contributed by atoms with Gasteiger partial charge >= 0.3 is 0 Å². The molecule has 6 heteroatoms. The lowest BCUT2D eigenvalue weighted by Gasteiger charge is -2.46. The first-order valence-corrected chi connectivity index (χ1v) is 8.75. The van der Waals surface area contributed by atoms with Crippen molar-refractivity contribution in [2.45, 2.75) is 64.6 Å². The van der Waals surface area contributed by atoms with Crippen LogP contribution in [0.15, 0.2) is 30.3 Å². The van der Waals surface area contributed by atoms with E-state index >= 15 is 0 Å². The Balaban J connectivity index is 1.77. The number of hydrogen-bond donors (Lipinski definition) is 2. The van der Waals surface area contributed by atoms with E-state index in [1.54, 1.807) is 4.68 Å². The SMILES string of the molecule is Cc1c(C(=O)NC2CC(C)(C)NC(C)(C)C2)nnn1-c1ccccc1. The zero-order chi connectivity index (χ0) is 18.2. The van der Waals surface area contributed by atoms with Crippen LogP contribution in [0.4, 0.5) is 0 Å². The molecule has 0 bridgehead atoms. The molecular formula is C19H27N5O. The molecule has 1 aromatic heterocycles. The summed E-state index contributed by atoms with van der Waals surface area (Å²) in [5.41, 5.74) is 2.00. The lowest BCUT2D eigenvalue weighted by molar-refractivity contribution is 0.0867. The third-order valence-electron chi connectivity index (χ3n) is 4.64. The Morgan fingerprint density at radius 1 is 1.16 bits per heavy atom. The standard InChI is InChI=1S/C19H27N5O/c1-13-16(21-23-24(13)15-9-7-6-8-10-15)17(25)20-14-11-18(2,3)22-19(4,5)12-14/h6-10,14,22H,11-12H2,1-5H3,(H,20,25). The first kappa shape index (κ1) is 17.6. The van der Waals surface area contributed by atoms with Crippen molar-refractivity contribution in [1.29, 1.82) is 0 Å². The van der Waals surface area contributed by atoms with Crippen LogP contribution in [0.3, 0.4) is 0 Å². The van der Waals surface area contributed by atoms with Gasteiger partial charge in [-0.2, -0.15) is 0 Å². The summed E-state index contributed by atoms with van der Waals surface area (Å²) < 4.78 is 1.70. The molecule has 1 aliphatic rings. The zero-order valence-electron chi connectivity index (χ0n) is 15.6. The minimum Gasteiger partial charge on any atom is -0.348 e. The van der Waals surface area contributed by atoms with Gasteiger partial charge in [0.05, 0.1) is 11.4 Å². The quantitative estimate of drug-likeness (QED) is 0.900. The molecule has 1 saturated heterocycles. The first-order chi connectivity index (χ1) is 11.7. The second-order valence-electron chi connectivity index (χ2n) is 8.24. The van der Waals surface area contributed by atoms with E-state index in [-0.39, 0.29) is 23.0 Å². The van der Waals surface area contributed by atoms with Crippen LogP contribution >= 0.6 is 0 Å². The lowest BCUT2D eigenvalue weighted by Crippen LogP contribution is -2.62. The van der Waals surface area contributed by atoms with Gasteiger partial charge in [0.2, 0.25) is 0 Å². The third-order valence-corrected chi connectivity index (χ3v) is 4.64. The molecule has 0 saturated carbocycles. The summed E-state index contributed by atoms with van der Waals surface area (Å²) in [6.45, 7) is 10.6. The fraction of sp³-hybridized carbons (Fsp3) is 0.526. The Labute approximate surface area is 149 Å². The van der Waals surface area contributed by atoms with E-state index in [4.69, 9.17) is 0 Å². The number of nitrogens with one attached hydrogen (secondary N) is 2. The number of rotatable bonds is 3. The summed E-state index contributed by atoms with van der Waals surface area (Å²) >= 11 is 0. The van der Waals surface area contributed by atoms with Crippen LogP contribution in [0.1, 0.15) is 56.7 Å². The molecule has 134 valence electrons. The highest BCUT2D eigenvalue weighted by Gasteiger charge is 2.38. The molecule has 1 aromatic carbocycles. The van der Waals surface area contributed by atoms with E-state index in [9.17, 15) is 4.79 Å². The number of carbonyl (C=O) groups is 1. The summed E-state index contributed by atoms with van der Waals surface area (Å²) in [6, 6.07) is 9.83. The van der Waals surface area contributed by atoms with Crippen molar-refractivity contribution in [2.75, 3.05) is 0 Å². The van der Waals surface area contributed by atoms with Crippen molar-refractivity contribution >= 4 is 5.91 Å². The summed E-state index contributed by atoms with van der Waals surface area (Å²) in [5.74, 6) is -0.154. The average Bonchev–Trinajstić information content (AvgIpc) is 2.86. The molecule has 0 aliphatic carbocycles. The summed E-state index contributed by atoms with van der Waals surface area (Å²) in [5, 5.41) is 15.1. The Morgan fingerprint density at radius 3 is 2.36 bits per heavy atom.